The zero-order valence-corrected chi connectivity index (χ0v) is 16.7. The van der Waals surface area contributed by atoms with Gasteiger partial charge in [-0.3, -0.25) is 10.2 Å². The second-order valence-corrected chi connectivity index (χ2v) is 7.61. The molecular weight excluding hydrogens is 371 g/mol. The van der Waals surface area contributed by atoms with Gasteiger partial charge in [0.15, 0.2) is 0 Å². The summed E-state index contributed by atoms with van der Waals surface area (Å²) in [5, 5.41) is 6.49. The van der Waals surface area contributed by atoms with E-state index in [-0.39, 0.29) is 35.9 Å². The molecule has 6 nitrogen and oxygen atoms in total. The Morgan fingerprint density at radius 3 is 2.72 bits per heavy atom. The molecule has 154 valence electrons. The van der Waals surface area contributed by atoms with Crippen LogP contribution in [0.1, 0.15) is 40.9 Å². The lowest BCUT2D eigenvalue weighted by Gasteiger charge is -2.35. The van der Waals surface area contributed by atoms with Crippen LogP contribution in [-0.2, 0) is 6.42 Å². The molecule has 2 aliphatic rings. The molecular formula is C22H27FN4O2. The number of hydrogen-bond acceptors (Lipinski definition) is 5. The van der Waals surface area contributed by atoms with E-state index in [1.807, 2.05) is 24.3 Å². The van der Waals surface area contributed by atoms with E-state index in [1.165, 1.54) is 11.6 Å². The van der Waals surface area contributed by atoms with E-state index in [2.05, 4.69) is 28.4 Å². The molecule has 0 radical (unpaired) electrons. The van der Waals surface area contributed by atoms with Gasteiger partial charge in [-0.2, -0.15) is 0 Å². The molecule has 0 spiro atoms. The standard InChI is InChI=1S/C22H27FN4O2/c1-3-13-7-9-14(10-8-13)22(28)25-21-15-11-17(24-12-18(15)26-27-21)20-16(23)5-4-6-19(20)29-2/h4-10,15,17-18,21,24,26-27H,3,11-12H2,1-2H3,(H,25,28). The van der Waals surface area contributed by atoms with Gasteiger partial charge in [-0.25, -0.2) is 9.82 Å². The lowest BCUT2D eigenvalue weighted by molar-refractivity contribution is 0.0913. The average molecular weight is 398 g/mol. The third-order valence-electron chi connectivity index (χ3n) is 5.95. The number of carbonyl (C=O) groups is 1. The number of benzene rings is 2. The molecule has 2 saturated heterocycles. The summed E-state index contributed by atoms with van der Waals surface area (Å²) in [7, 11) is 1.55. The minimum Gasteiger partial charge on any atom is -0.496 e. The number of halogens is 1. The first kappa shape index (κ1) is 19.8. The van der Waals surface area contributed by atoms with Gasteiger partial charge in [-0.15, -0.1) is 0 Å². The quantitative estimate of drug-likeness (QED) is 0.622. The van der Waals surface area contributed by atoms with E-state index >= 15 is 0 Å². The van der Waals surface area contributed by atoms with Gasteiger partial charge in [-0.1, -0.05) is 25.1 Å². The molecule has 0 aromatic heterocycles. The van der Waals surface area contributed by atoms with Gasteiger partial charge >= 0.3 is 0 Å². The van der Waals surface area contributed by atoms with Crippen molar-refractivity contribution in [3.05, 3.63) is 65.0 Å². The molecule has 4 unspecified atom stereocenters. The first-order valence-corrected chi connectivity index (χ1v) is 10.1. The largest absolute Gasteiger partial charge is 0.496 e. The Hall–Kier alpha value is -2.48. The van der Waals surface area contributed by atoms with Crippen LogP contribution >= 0.6 is 0 Å². The predicted molar refractivity (Wildman–Crippen MR) is 109 cm³/mol. The van der Waals surface area contributed by atoms with E-state index < -0.39 is 0 Å². The number of fused-ring (bicyclic) bond motifs is 1. The zero-order valence-electron chi connectivity index (χ0n) is 16.7. The van der Waals surface area contributed by atoms with Crippen molar-refractivity contribution < 1.29 is 13.9 Å². The summed E-state index contributed by atoms with van der Waals surface area (Å²) in [4.78, 5) is 12.7. The number of rotatable bonds is 5. The number of amides is 1. The highest BCUT2D eigenvalue weighted by molar-refractivity contribution is 5.94. The lowest BCUT2D eigenvalue weighted by atomic mass is 9.84. The number of aryl methyl sites for hydroxylation is 1. The van der Waals surface area contributed by atoms with Crippen LogP contribution in [-0.4, -0.2) is 31.8 Å². The number of hydrogen-bond donors (Lipinski definition) is 4. The molecule has 4 rings (SSSR count). The number of nitrogens with one attached hydrogen (secondary N) is 4. The van der Waals surface area contributed by atoms with Gasteiger partial charge in [0.25, 0.3) is 5.91 Å². The monoisotopic (exact) mass is 398 g/mol. The van der Waals surface area contributed by atoms with Crippen LogP contribution in [0.4, 0.5) is 4.39 Å². The molecule has 29 heavy (non-hydrogen) atoms. The SMILES string of the molecule is CCc1ccc(C(=O)NC2NNC3CNC(c4c(F)cccc4OC)CC32)cc1. The van der Waals surface area contributed by atoms with Crippen molar-refractivity contribution in [2.75, 3.05) is 13.7 Å². The maximum atomic E-state index is 14.5. The molecule has 1 amide bonds. The molecule has 2 aromatic carbocycles. The van der Waals surface area contributed by atoms with Gasteiger partial charge in [0.1, 0.15) is 11.6 Å². The van der Waals surface area contributed by atoms with Crippen molar-refractivity contribution in [1.82, 2.24) is 21.5 Å². The van der Waals surface area contributed by atoms with Crippen LogP contribution in [0.3, 0.4) is 0 Å². The molecule has 4 N–H and O–H groups in total. The van der Waals surface area contributed by atoms with Crippen molar-refractivity contribution in [3.8, 4) is 5.75 Å². The van der Waals surface area contributed by atoms with Gasteiger partial charge in [0.05, 0.1) is 13.3 Å². The van der Waals surface area contributed by atoms with Crippen LogP contribution in [0.25, 0.3) is 0 Å². The Morgan fingerprint density at radius 1 is 1.21 bits per heavy atom. The highest BCUT2D eigenvalue weighted by atomic mass is 19.1. The summed E-state index contributed by atoms with van der Waals surface area (Å²) in [6.45, 7) is 2.75. The Bertz CT molecular complexity index is 874. The zero-order chi connectivity index (χ0) is 20.4. The highest BCUT2D eigenvalue weighted by Crippen LogP contribution is 2.36. The van der Waals surface area contributed by atoms with Crippen molar-refractivity contribution in [2.24, 2.45) is 5.92 Å². The topological polar surface area (TPSA) is 74.4 Å². The average Bonchev–Trinajstić information content (AvgIpc) is 3.15. The van der Waals surface area contributed by atoms with E-state index in [9.17, 15) is 9.18 Å². The van der Waals surface area contributed by atoms with E-state index in [0.717, 1.165) is 6.42 Å². The second-order valence-electron chi connectivity index (χ2n) is 7.61. The molecule has 2 heterocycles. The molecule has 4 atom stereocenters. The highest BCUT2D eigenvalue weighted by Gasteiger charge is 2.42. The first-order chi connectivity index (χ1) is 14.1. The third kappa shape index (κ3) is 3.99. The summed E-state index contributed by atoms with van der Waals surface area (Å²) in [6.07, 6.45) is 1.37. The third-order valence-corrected chi connectivity index (χ3v) is 5.95. The van der Waals surface area contributed by atoms with Crippen LogP contribution in [0.15, 0.2) is 42.5 Å². The molecule has 0 bridgehead atoms. The van der Waals surface area contributed by atoms with Crippen molar-refractivity contribution >= 4 is 5.91 Å². The van der Waals surface area contributed by atoms with Crippen molar-refractivity contribution in [3.63, 3.8) is 0 Å². The van der Waals surface area contributed by atoms with Crippen molar-refractivity contribution in [1.29, 1.82) is 0 Å². The fourth-order valence-corrected chi connectivity index (χ4v) is 4.28. The fourth-order valence-electron chi connectivity index (χ4n) is 4.28. The number of carbonyl (C=O) groups excluding carboxylic acids is 1. The summed E-state index contributed by atoms with van der Waals surface area (Å²) in [5.74, 6) is 0.253. The van der Waals surface area contributed by atoms with E-state index in [1.54, 1.807) is 19.2 Å². The molecule has 2 fully saturated rings. The lowest BCUT2D eigenvalue weighted by Crippen LogP contribution is -2.49. The van der Waals surface area contributed by atoms with Crippen LogP contribution in [0.5, 0.6) is 5.75 Å². The molecule has 7 heteroatoms. The van der Waals surface area contributed by atoms with Crippen LogP contribution < -0.4 is 26.2 Å². The summed E-state index contributed by atoms with van der Waals surface area (Å²) < 4.78 is 19.9. The Labute approximate surface area is 170 Å². The number of methoxy groups -OCH3 is 1. The van der Waals surface area contributed by atoms with E-state index in [0.29, 0.717) is 29.8 Å². The predicted octanol–water partition coefficient (Wildman–Crippen LogP) is 2.28. The first-order valence-electron chi connectivity index (χ1n) is 10.1. The number of hydrazine groups is 1. The Kier molecular flexibility index (Phi) is 5.80. The normalized spacial score (nSPS) is 26.0. The van der Waals surface area contributed by atoms with Crippen LogP contribution in [0, 0.1) is 11.7 Å². The minimum absolute atomic E-state index is 0.115. The van der Waals surface area contributed by atoms with Gasteiger partial charge in [-0.05, 0) is 42.7 Å². The van der Waals surface area contributed by atoms with Crippen LogP contribution in [0.2, 0.25) is 0 Å². The Morgan fingerprint density at radius 2 is 2.00 bits per heavy atom. The number of ether oxygens (including phenoxy) is 1. The second kappa shape index (κ2) is 8.49. The summed E-state index contributed by atoms with van der Waals surface area (Å²) in [5.41, 5.74) is 8.81. The molecule has 0 saturated carbocycles. The fraction of sp³-hybridized carbons (Fsp3) is 0.409. The maximum Gasteiger partial charge on any atom is 0.252 e. The molecule has 2 aromatic rings. The smallest absolute Gasteiger partial charge is 0.252 e. The Balaban J connectivity index is 1.48. The van der Waals surface area contributed by atoms with Gasteiger partial charge in [0, 0.05) is 35.7 Å². The molecule has 0 aliphatic carbocycles. The minimum atomic E-state index is -0.282. The summed E-state index contributed by atoms with van der Waals surface area (Å²) in [6, 6.07) is 12.5. The van der Waals surface area contributed by atoms with Gasteiger partial charge < -0.3 is 15.4 Å². The molecule has 2 aliphatic heterocycles. The number of piperidine rings is 1. The summed E-state index contributed by atoms with van der Waals surface area (Å²) >= 11 is 0. The van der Waals surface area contributed by atoms with E-state index in [4.69, 9.17) is 4.74 Å². The van der Waals surface area contributed by atoms with Crippen molar-refractivity contribution in [2.45, 2.75) is 38.0 Å². The maximum absolute atomic E-state index is 14.5. The van der Waals surface area contributed by atoms with Gasteiger partial charge in [0.2, 0.25) is 0 Å².